The first kappa shape index (κ1) is 31.1. The summed E-state index contributed by atoms with van der Waals surface area (Å²) in [6.07, 6.45) is 19.7. The van der Waals surface area contributed by atoms with E-state index in [0.717, 1.165) is 38.9 Å². The first-order chi connectivity index (χ1) is 20.9. The largest absolute Gasteiger partial charge is 4.00 e. The SMILES string of the molecule is CN1C=CN(c2[c-]c(-n3c4[c-]c(N5C=CN(C)[CH-]5)ncc4c4cnc(N5C=CN(C)[CH-]5)[c-]c43)[c-]c(N3C=CN(C)[CH-]3)c2)[CH-]1.[Pt+4].[Pt+4]. The Balaban J connectivity index is 0.00000179. The Kier molecular flexibility index (Phi) is 8.35. The van der Waals surface area contributed by atoms with Crippen molar-refractivity contribution in [3.8, 4) is 5.69 Å². The van der Waals surface area contributed by atoms with Gasteiger partial charge in [0.05, 0.1) is 0 Å². The third kappa shape index (κ3) is 5.57. The van der Waals surface area contributed by atoms with Crippen molar-refractivity contribution in [3.05, 3.63) is 119 Å². The summed E-state index contributed by atoms with van der Waals surface area (Å²) in [6, 6.07) is 16.5. The predicted molar refractivity (Wildman–Crippen MR) is 166 cm³/mol. The smallest absolute Gasteiger partial charge is 0.520 e. The molecule has 3 aromatic heterocycles. The van der Waals surface area contributed by atoms with Crippen molar-refractivity contribution in [2.75, 3.05) is 47.8 Å². The van der Waals surface area contributed by atoms with E-state index in [0.29, 0.717) is 11.6 Å². The molecule has 8 rings (SSSR count). The van der Waals surface area contributed by atoms with Crippen LogP contribution in [0.15, 0.2) is 68.1 Å². The van der Waals surface area contributed by atoms with Gasteiger partial charge in [-0.3, -0.25) is 9.97 Å². The molecule has 0 spiro atoms. The normalized spacial score (nSPS) is 17.2. The number of pyridine rings is 2. The molecule has 0 N–H and O–H groups in total. The molecule has 0 fully saturated rings. The molecule has 1 aromatic carbocycles. The van der Waals surface area contributed by atoms with Crippen LogP contribution < -0.4 is 19.6 Å². The summed E-state index contributed by atoms with van der Waals surface area (Å²) in [6.45, 7) is 7.96. The maximum absolute atomic E-state index is 4.76. The number of fused-ring (bicyclic) bond motifs is 3. The zero-order valence-corrected chi connectivity index (χ0v) is 29.3. The van der Waals surface area contributed by atoms with Crippen molar-refractivity contribution in [1.29, 1.82) is 0 Å². The minimum Gasteiger partial charge on any atom is -0.520 e. The molecule has 0 bridgehead atoms. The number of anilines is 4. The Hall–Kier alpha value is -3.94. The average molecular weight is 956 g/mol. The number of aromatic nitrogens is 3. The molecular formula is C32H27N11Pt2. The van der Waals surface area contributed by atoms with Gasteiger partial charge in [-0.25, -0.2) is 33.9 Å². The van der Waals surface area contributed by atoms with Gasteiger partial charge in [0.25, 0.3) is 0 Å². The molecule has 0 radical (unpaired) electrons. The van der Waals surface area contributed by atoms with Crippen LogP contribution in [-0.2, 0) is 42.1 Å². The van der Waals surface area contributed by atoms with E-state index in [1.54, 1.807) is 0 Å². The van der Waals surface area contributed by atoms with E-state index in [4.69, 9.17) is 9.97 Å². The summed E-state index contributed by atoms with van der Waals surface area (Å²) >= 11 is 0. The van der Waals surface area contributed by atoms with Gasteiger partial charge in [-0.15, -0.1) is 11.0 Å². The quantitative estimate of drug-likeness (QED) is 0.274. The van der Waals surface area contributed by atoms with Crippen LogP contribution in [0.2, 0.25) is 0 Å². The van der Waals surface area contributed by atoms with Gasteiger partial charge in [0.2, 0.25) is 0 Å². The Morgan fingerprint density at radius 1 is 0.511 bits per heavy atom. The molecule has 4 aliphatic rings. The van der Waals surface area contributed by atoms with Crippen LogP contribution >= 0.6 is 0 Å². The zero-order chi connectivity index (χ0) is 29.2. The van der Waals surface area contributed by atoms with E-state index >= 15 is 0 Å². The molecule has 13 heteroatoms. The number of rotatable bonds is 5. The summed E-state index contributed by atoms with van der Waals surface area (Å²) in [4.78, 5) is 25.5. The number of benzene rings is 1. The fraction of sp³-hybridized carbons (Fsp3) is 0.125. The number of hydrogen-bond donors (Lipinski definition) is 0. The van der Waals surface area contributed by atoms with Crippen LogP contribution in [0, 0.1) is 50.9 Å². The molecule has 0 saturated carbocycles. The van der Waals surface area contributed by atoms with Gasteiger partial charge < -0.3 is 55.9 Å². The third-order valence-electron chi connectivity index (χ3n) is 7.45. The Labute approximate surface area is 292 Å². The molecule has 4 aromatic rings. The van der Waals surface area contributed by atoms with Crippen molar-refractivity contribution >= 4 is 44.8 Å². The van der Waals surface area contributed by atoms with E-state index in [9.17, 15) is 0 Å². The van der Waals surface area contributed by atoms with Gasteiger partial charge in [0.1, 0.15) is 0 Å². The first-order valence-corrected chi connectivity index (χ1v) is 13.7. The molecule has 7 heterocycles. The van der Waals surface area contributed by atoms with Crippen molar-refractivity contribution in [3.63, 3.8) is 0 Å². The summed E-state index contributed by atoms with van der Waals surface area (Å²) in [5.74, 6) is 1.35. The van der Waals surface area contributed by atoms with Crippen LogP contribution in [0.1, 0.15) is 0 Å². The minimum atomic E-state index is 0. The molecular weight excluding hydrogens is 929 g/mol. The predicted octanol–water partition coefficient (Wildman–Crippen LogP) is 4.14. The summed E-state index contributed by atoms with van der Waals surface area (Å²) in [5.41, 5.74) is 4.12. The summed E-state index contributed by atoms with van der Waals surface area (Å²) < 4.78 is 2.11. The molecule has 0 aliphatic carbocycles. The second-order valence-electron chi connectivity index (χ2n) is 10.7. The molecule has 4 aliphatic heterocycles. The standard InChI is InChI=1S/C32H27N11.2Pt/c1-35-5-9-39(20-35)24-13-25(40-10-6-36(2)21-40)15-26(14-24)43-29-16-31(41-11-7-37(3)22-41)33-18-27(29)28-19-34-32(17-30(28)43)42-12-8-38(4)23-42;;/h5-13,18-23H,1-4H3;;/q-8;2*+4. The first-order valence-electron chi connectivity index (χ1n) is 13.7. The van der Waals surface area contributed by atoms with Gasteiger partial charge in [0.15, 0.2) is 0 Å². The van der Waals surface area contributed by atoms with E-state index in [-0.39, 0.29) is 42.1 Å². The van der Waals surface area contributed by atoms with Crippen LogP contribution in [0.4, 0.5) is 23.0 Å². The molecule has 230 valence electrons. The Bertz CT molecular complexity index is 1740. The number of hydrogen-bond acceptors (Lipinski definition) is 10. The van der Waals surface area contributed by atoms with Crippen molar-refractivity contribution < 1.29 is 42.1 Å². The second-order valence-corrected chi connectivity index (χ2v) is 10.7. The van der Waals surface area contributed by atoms with Gasteiger partial charge in [-0.2, -0.15) is 38.8 Å². The van der Waals surface area contributed by atoms with Crippen molar-refractivity contribution in [2.45, 2.75) is 0 Å². The van der Waals surface area contributed by atoms with Crippen LogP contribution in [0.25, 0.3) is 27.5 Å². The number of nitrogens with zero attached hydrogens (tertiary/aromatic N) is 11. The van der Waals surface area contributed by atoms with E-state index in [1.165, 1.54) is 0 Å². The Morgan fingerprint density at radius 2 is 0.889 bits per heavy atom. The van der Waals surface area contributed by atoms with Crippen LogP contribution in [-0.4, -0.2) is 62.3 Å². The van der Waals surface area contributed by atoms with Gasteiger partial charge in [-0.05, 0) is 77.8 Å². The summed E-state index contributed by atoms with van der Waals surface area (Å²) in [5, 5.41) is 1.83. The zero-order valence-electron chi connectivity index (χ0n) is 24.7. The van der Waals surface area contributed by atoms with Gasteiger partial charge >= 0.3 is 42.1 Å². The van der Waals surface area contributed by atoms with E-state index in [2.05, 4.69) is 34.9 Å². The third-order valence-corrected chi connectivity index (χ3v) is 7.45. The molecule has 0 amide bonds. The molecule has 0 saturated heterocycles. The molecule has 0 unspecified atom stereocenters. The topological polar surface area (TPSA) is 56.6 Å². The Morgan fingerprint density at radius 3 is 1.24 bits per heavy atom. The van der Waals surface area contributed by atoms with Crippen LogP contribution in [0.5, 0.6) is 0 Å². The van der Waals surface area contributed by atoms with Gasteiger partial charge in [0, 0.05) is 11.6 Å². The average Bonchev–Trinajstić information content (AvgIpc) is 3.84. The molecule has 0 atom stereocenters. The van der Waals surface area contributed by atoms with Crippen molar-refractivity contribution in [1.82, 2.24) is 34.1 Å². The van der Waals surface area contributed by atoms with E-state index < -0.39 is 0 Å². The van der Waals surface area contributed by atoms with Gasteiger partial charge in [-0.1, -0.05) is 12.4 Å². The molecule has 11 nitrogen and oxygen atoms in total. The van der Waals surface area contributed by atoms with Crippen molar-refractivity contribution in [2.24, 2.45) is 0 Å². The maximum Gasteiger partial charge on any atom is 4.00 e. The minimum absolute atomic E-state index is 0. The fourth-order valence-corrected chi connectivity index (χ4v) is 5.33. The fourth-order valence-electron chi connectivity index (χ4n) is 5.33. The maximum atomic E-state index is 4.76. The second kappa shape index (κ2) is 12.1. The molecule has 45 heavy (non-hydrogen) atoms. The summed E-state index contributed by atoms with van der Waals surface area (Å²) in [7, 11) is 7.97. The van der Waals surface area contributed by atoms with Crippen LogP contribution in [0.3, 0.4) is 0 Å². The monoisotopic (exact) mass is 955 g/mol. The van der Waals surface area contributed by atoms with E-state index in [1.807, 2.05) is 156 Å².